The Morgan fingerprint density at radius 2 is 2.20 bits per heavy atom. The number of aliphatic hydroxyl groups is 1. The highest BCUT2D eigenvalue weighted by molar-refractivity contribution is 6.35. The van der Waals surface area contributed by atoms with Crippen molar-refractivity contribution < 1.29 is 14.6 Å². The van der Waals surface area contributed by atoms with Gasteiger partial charge in [0, 0.05) is 23.6 Å². The number of aliphatic hydroxyl groups excluding tert-OH is 1. The van der Waals surface area contributed by atoms with Gasteiger partial charge in [-0.25, -0.2) is 0 Å². The maximum Gasteiger partial charge on any atom is 0.258 e. The summed E-state index contributed by atoms with van der Waals surface area (Å²) in [6, 6.07) is 4.77. The van der Waals surface area contributed by atoms with Crippen molar-refractivity contribution in [1.82, 2.24) is 5.32 Å². The fourth-order valence-corrected chi connectivity index (χ4v) is 2.46. The monoisotopic (exact) mass is 315 g/mol. The van der Waals surface area contributed by atoms with Gasteiger partial charge >= 0.3 is 0 Å². The molecule has 4 nitrogen and oxygen atoms in total. The summed E-state index contributed by atoms with van der Waals surface area (Å²) >= 11 is 11.7. The van der Waals surface area contributed by atoms with E-state index >= 15 is 0 Å². The van der Waals surface area contributed by atoms with E-state index in [1.807, 2.05) is 12.2 Å². The number of carbonyl (C=O) groups is 1. The lowest BCUT2D eigenvalue weighted by molar-refractivity contribution is -0.123. The van der Waals surface area contributed by atoms with Gasteiger partial charge in [-0.05, 0) is 24.6 Å². The number of ether oxygens (including phenoxy) is 1. The summed E-state index contributed by atoms with van der Waals surface area (Å²) < 4.78 is 5.34. The predicted molar refractivity (Wildman–Crippen MR) is 78.2 cm³/mol. The Hall–Kier alpha value is -1.23. The highest BCUT2D eigenvalue weighted by atomic mass is 35.5. The molecule has 1 aromatic rings. The number of hydrogen-bond donors (Lipinski definition) is 2. The number of rotatable bonds is 5. The topological polar surface area (TPSA) is 58.6 Å². The van der Waals surface area contributed by atoms with Crippen LogP contribution in [-0.2, 0) is 4.79 Å². The molecule has 0 saturated carbocycles. The molecule has 2 rings (SSSR count). The first-order valence-corrected chi connectivity index (χ1v) is 7.00. The average Bonchev–Trinajstić information content (AvgIpc) is 2.85. The minimum Gasteiger partial charge on any atom is -0.482 e. The van der Waals surface area contributed by atoms with E-state index in [2.05, 4.69) is 5.32 Å². The summed E-state index contributed by atoms with van der Waals surface area (Å²) in [5, 5.41) is 12.7. The fourth-order valence-electron chi connectivity index (χ4n) is 2.00. The summed E-state index contributed by atoms with van der Waals surface area (Å²) in [4.78, 5) is 11.7. The molecule has 1 amide bonds. The lowest BCUT2D eigenvalue weighted by Crippen LogP contribution is -2.36. The molecule has 0 aliphatic heterocycles. The Labute approximate surface area is 127 Å². The van der Waals surface area contributed by atoms with Gasteiger partial charge < -0.3 is 15.2 Å². The van der Waals surface area contributed by atoms with E-state index in [0.717, 1.165) is 0 Å². The largest absolute Gasteiger partial charge is 0.482 e. The van der Waals surface area contributed by atoms with Crippen LogP contribution >= 0.6 is 23.2 Å². The summed E-state index contributed by atoms with van der Waals surface area (Å²) in [5.41, 5.74) is 0. The first kappa shape index (κ1) is 15.2. The highest BCUT2D eigenvalue weighted by Crippen LogP contribution is 2.27. The molecule has 1 aliphatic rings. The Morgan fingerprint density at radius 1 is 1.40 bits per heavy atom. The van der Waals surface area contributed by atoms with E-state index in [0.29, 0.717) is 22.2 Å². The zero-order chi connectivity index (χ0) is 14.5. The molecule has 0 aromatic heterocycles. The van der Waals surface area contributed by atoms with Crippen LogP contribution in [-0.4, -0.2) is 30.3 Å². The van der Waals surface area contributed by atoms with Crippen molar-refractivity contribution in [2.75, 3.05) is 13.2 Å². The lowest BCUT2D eigenvalue weighted by Gasteiger charge is -2.13. The summed E-state index contributed by atoms with van der Waals surface area (Å²) in [7, 11) is 0. The third kappa shape index (κ3) is 4.13. The highest BCUT2D eigenvalue weighted by Gasteiger charge is 2.19. The molecule has 0 bridgehead atoms. The molecule has 0 heterocycles. The van der Waals surface area contributed by atoms with Crippen LogP contribution in [0.1, 0.15) is 6.42 Å². The van der Waals surface area contributed by atoms with Gasteiger partial charge in [-0.15, -0.1) is 0 Å². The number of nitrogens with one attached hydrogen (secondary N) is 1. The normalized spacial score (nSPS) is 20.9. The van der Waals surface area contributed by atoms with Crippen LogP contribution in [0, 0.1) is 5.92 Å². The summed E-state index contributed by atoms with van der Waals surface area (Å²) in [6.07, 6.45) is 4.50. The van der Waals surface area contributed by atoms with Crippen molar-refractivity contribution in [2.24, 2.45) is 5.92 Å². The molecule has 0 unspecified atom stereocenters. The van der Waals surface area contributed by atoms with E-state index < -0.39 is 0 Å². The zero-order valence-electron chi connectivity index (χ0n) is 10.7. The minimum atomic E-state index is -0.232. The van der Waals surface area contributed by atoms with Crippen LogP contribution in [0.2, 0.25) is 10.0 Å². The second-order valence-electron chi connectivity index (χ2n) is 4.60. The molecule has 2 N–H and O–H groups in total. The van der Waals surface area contributed by atoms with Crippen LogP contribution in [0.15, 0.2) is 30.4 Å². The van der Waals surface area contributed by atoms with E-state index in [4.69, 9.17) is 33.0 Å². The molecule has 0 fully saturated rings. The molecule has 0 spiro atoms. The van der Waals surface area contributed by atoms with Gasteiger partial charge in [-0.1, -0.05) is 35.4 Å². The Kier molecular flexibility index (Phi) is 5.29. The van der Waals surface area contributed by atoms with Crippen LogP contribution in [0.5, 0.6) is 5.75 Å². The maximum absolute atomic E-state index is 11.7. The minimum absolute atomic E-state index is 0.0519. The first-order chi connectivity index (χ1) is 9.58. The number of amides is 1. The van der Waals surface area contributed by atoms with Crippen LogP contribution in [0.4, 0.5) is 0 Å². The number of hydrogen-bond acceptors (Lipinski definition) is 3. The van der Waals surface area contributed by atoms with Gasteiger partial charge in [-0.2, -0.15) is 0 Å². The zero-order valence-corrected chi connectivity index (χ0v) is 12.2. The number of halogens is 2. The van der Waals surface area contributed by atoms with Gasteiger partial charge in [0.15, 0.2) is 6.61 Å². The molecule has 0 saturated heterocycles. The Bertz CT molecular complexity index is 519. The molecule has 108 valence electrons. The van der Waals surface area contributed by atoms with Crippen molar-refractivity contribution >= 4 is 29.1 Å². The van der Waals surface area contributed by atoms with E-state index in [9.17, 15) is 4.79 Å². The van der Waals surface area contributed by atoms with Crippen molar-refractivity contribution in [3.63, 3.8) is 0 Å². The van der Waals surface area contributed by atoms with Crippen molar-refractivity contribution in [2.45, 2.75) is 12.5 Å². The van der Waals surface area contributed by atoms with E-state index in [1.54, 1.807) is 18.2 Å². The van der Waals surface area contributed by atoms with Gasteiger partial charge in [0.1, 0.15) is 5.75 Å². The third-order valence-electron chi connectivity index (χ3n) is 3.01. The Balaban J connectivity index is 1.79. The van der Waals surface area contributed by atoms with Crippen molar-refractivity contribution in [3.8, 4) is 5.75 Å². The van der Waals surface area contributed by atoms with E-state index in [1.165, 1.54) is 0 Å². The third-order valence-corrected chi connectivity index (χ3v) is 3.54. The summed E-state index contributed by atoms with van der Waals surface area (Å²) in [6.45, 7) is -0.0186. The summed E-state index contributed by atoms with van der Waals surface area (Å²) in [5.74, 6) is 0.303. The van der Waals surface area contributed by atoms with Crippen LogP contribution in [0.25, 0.3) is 0 Å². The first-order valence-electron chi connectivity index (χ1n) is 6.25. The number of carbonyl (C=O) groups excluding carboxylic acids is 1. The lowest BCUT2D eigenvalue weighted by atomic mass is 10.1. The van der Waals surface area contributed by atoms with Crippen molar-refractivity contribution in [1.29, 1.82) is 0 Å². The molecule has 2 atom stereocenters. The van der Waals surface area contributed by atoms with Crippen LogP contribution < -0.4 is 10.1 Å². The molecule has 1 aliphatic carbocycles. The standard InChI is InChI=1S/C14H15Cl2NO3/c15-10-2-4-13(12(16)6-10)20-8-14(19)17-11-3-1-9(5-11)7-18/h1-4,6,9,11,18H,5,7-8H2,(H,17,19)/t9-,11+/m0/s1. The van der Waals surface area contributed by atoms with Gasteiger partial charge in [0.05, 0.1) is 5.02 Å². The maximum atomic E-state index is 11.7. The smallest absolute Gasteiger partial charge is 0.258 e. The van der Waals surface area contributed by atoms with Gasteiger partial charge in [-0.3, -0.25) is 4.79 Å². The van der Waals surface area contributed by atoms with Crippen LogP contribution in [0.3, 0.4) is 0 Å². The molecular formula is C14H15Cl2NO3. The fraction of sp³-hybridized carbons (Fsp3) is 0.357. The predicted octanol–water partition coefficient (Wildman–Crippen LogP) is 2.43. The quantitative estimate of drug-likeness (QED) is 0.820. The molecule has 6 heteroatoms. The Morgan fingerprint density at radius 3 is 2.85 bits per heavy atom. The second kappa shape index (κ2) is 6.97. The second-order valence-corrected chi connectivity index (χ2v) is 5.44. The number of benzene rings is 1. The molecule has 0 radical (unpaired) electrons. The van der Waals surface area contributed by atoms with E-state index in [-0.39, 0.29) is 31.1 Å². The van der Waals surface area contributed by atoms with Gasteiger partial charge in [0.25, 0.3) is 5.91 Å². The molecular weight excluding hydrogens is 301 g/mol. The molecule has 1 aromatic carbocycles. The van der Waals surface area contributed by atoms with Gasteiger partial charge in [0.2, 0.25) is 0 Å². The van der Waals surface area contributed by atoms with Crippen molar-refractivity contribution in [3.05, 3.63) is 40.4 Å². The average molecular weight is 316 g/mol. The SMILES string of the molecule is O=C(COc1ccc(Cl)cc1Cl)N[C@@H]1C=C[C@H](CO)C1. The molecule has 20 heavy (non-hydrogen) atoms.